The van der Waals surface area contributed by atoms with Crippen molar-refractivity contribution in [3.05, 3.63) is 69.0 Å². The van der Waals surface area contributed by atoms with Crippen LogP contribution in [0.3, 0.4) is 0 Å². The summed E-state index contributed by atoms with van der Waals surface area (Å²) in [4.78, 5) is 27.8. The van der Waals surface area contributed by atoms with E-state index in [1.54, 1.807) is 25.1 Å². The van der Waals surface area contributed by atoms with Gasteiger partial charge >= 0.3 is 0 Å². The molecule has 0 unspecified atom stereocenters. The fourth-order valence-electron chi connectivity index (χ4n) is 3.45. The molecule has 1 aliphatic heterocycles. The number of carbonyl (C=O) groups is 1. The van der Waals surface area contributed by atoms with Crippen LogP contribution < -0.4 is 10.9 Å². The predicted octanol–water partition coefficient (Wildman–Crippen LogP) is 2.76. The molecule has 0 spiro atoms. The van der Waals surface area contributed by atoms with Crippen LogP contribution in [-0.4, -0.2) is 49.9 Å². The van der Waals surface area contributed by atoms with Gasteiger partial charge in [-0.3, -0.25) is 9.59 Å². The van der Waals surface area contributed by atoms with Gasteiger partial charge in [-0.2, -0.15) is 4.31 Å². The maximum atomic E-state index is 13.0. The van der Waals surface area contributed by atoms with Crippen molar-refractivity contribution in [3.8, 4) is 0 Å². The topological polar surface area (TPSA) is 109 Å². The summed E-state index contributed by atoms with van der Waals surface area (Å²) in [5, 5.41) is 3.57. The van der Waals surface area contributed by atoms with Crippen LogP contribution in [0, 0.1) is 6.92 Å². The van der Waals surface area contributed by atoms with Crippen molar-refractivity contribution in [1.29, 1.82) is 0 Å². The Bertz CT molecular complexity index is 1330. The molecule has 1 amide bonds. The average Bonchev–Trinajstić information content (AvgIpc) is 2.76. The van der Waals surface area contributed by atoms with E-state index in [-0.39, 0.29) is 23.5 Å². The molecule has 0 radical (unpaired) electrons. The molecule has 162 valence electrons. The number of ether oxygens (including phenoxy) is 1. The zero-order valence-corrected chi connectivity index (χ0v) is 18.2. The van der Waals surface area contributed by atoms with E-state index in [1.165, 1.54) is 22.5 Å². The first-order chi connectivity index (χ1) is 14.8. The third-order valence-electron chi connectivity index (χ3n) is 5.18. The van der Waals surface area contributed by atoms with Crippen molar-refractivity contribution >= 4 is 44.1 Å². The summed E-state index contributed by atoms with van der Waals surface area (Å²) in [6, 6.07) is 10.6. The number of anilines is 1. The molecule has 1 saturated heterocycles. The zero-order chi connectivity index (χ0) is 22.2. The molecule has 3 aromatic rings. The van der Waals surface area contributed by atoms with Gasteiger partial charge in [-0.1, -0.05) is 17.7 Å². The number of hydrogen-bond acceptors (Lipinski definition) is 5. The standard InChI is InChI=1S/C21H20ClN3O5S/c1-13-17(22)3-2-4-18(13)24-21(27)16-12-20(26)23-19-6-5-14(11-15(16)19)31(28,29)25-7-9-30-10-8-25/h2-6,11-12H,7-10H2,1H3,(H,23,26)(H,24,27). The van der Waals surface area contributed by atoms with Gasteiger partial charge in [0, 0.05) is 40.8 Å². The van der Waals surface area contributed by atoms with Crippen molar-refractivity contribution in [1.82, 2.24) is 9.29 Å². The summed E-state index contributed by atoms with van der Waals surface area (Å²) in [7, 11) is -3.77. The van der Waals surface area contributed by atoms with E-state index >= 15 is 0 Å². The Morgan fingerprint density at radius 3 is 2.65 bits per heavy atom. The van der Waals surface area contributed by atoms with E-state index < -0.39 is 21.5 Å². The van der Waals surface area contributed by atoms with Gasteiger partial charge in [0.2, 0.25) is 15.6 Å². The maximum absolute atomic E-state index is 13.0. The zero-order valence-electron chi connectivity index (χ0n) is 16.6. The van der Waals surface area contributed by atoms with Gasteiger partial charge in [0.05, 0.1) is 23.7 Å². The minimum absolute atomic E-state index is 0.0435. The smallest absolute Gasteiger partial charge is 0.256 e. The van der Waals surface area contributed by atoms with Crippen LogP contribution in [0.4, 0.5) is 5.69 Å². The molecule has 2 heterocycles. The second-order valence-electron chi connectivity index (χ2n) is 7.14. The molecule has 2 N–H and O–H groups in total. The average molecular weight is 462 g/mol. The number of aromatic amines is 1. The van der Waals surface area contributed by atoms with Crippen LogP contribution >= 0.6 is 11.6 Å². The van der Waals surface area contributed by atoms with Gasteiger partial charge in [-0.15, -0.1) is 0 Å². The first-order valence-electron chi connectivity index (χ1n) is 9.59. The van der Waals surface area contributed by atoms with Gasteiger partial charge < -0.3 is 15.0 Å². The molecule has 8 nitrogen and oxygen atoms in total. The fraction of sp³-hybridized carbons (Fsp3) is 0.238. The van der Waals surface area contributed by atoms with Crippen LogP contribution in [0.2, 0.25) is 5.02 Å². The molecule has 1 aromatic heterocycles. The summed E-state index contributed by atoms with van der Waals surface area (Å²) in [6.45, 7) is 2.93. The number of aromatic nitrogens is 1. The van der Waals surface area contributed by atoms with Crippen LogP contribution in [0.15, 0.2) is 52.2 Å². The Kier molecular flexibility index (Phi) is 5.85. The lowest BCUT2D eigenvalue weighted by Crippen LogP contribution is -2.40. The highest BCUT2D eigenvalue weighted by Gasteiger charge is 2.27. The van der Waals surface area contributed by atoms with Crippen LogP contribution in [-0.2, 0) is 14.8 Å². The summed E-state index contributed by atoms with van der Waals surface area (Å²) in [5.74, 6) is -0.539. The number of benzene rings is 2. The molecule has 0 aliphatic carbocycles. The van der Waals surface area contributed by atoms with E-state index in [4.69, 9.17) is 16.3 Å². The Hall–Kier alpha value is -2.72. The number of H-pyrrole nitrogens is 1. The SMILES string of the molecule is Cc1c(Cl)cccc1NC(=O)c1cc(=O)[nH]c2ccc(S(=O)(=O)N3CCOCC3)cc12. The number of pyridine rings is 1. The molecule has 0 bridgehead atoms. The van der Waals surface area contributed by atoms with E-state index in [0.717, 1.165) is 6.07 Å². The number of nitrogens with one attached hydrogen (secondary N) is 2. The van der Waals surface area contributed by atoms with Crippen molar-refractivity contribution in [3.63, 3.8) is 0 Å². The van der Waals surface area contributed by atoms with Crippen LogP contribution in [0.1, 0.15) is 15.9 Å². The Balaban J connectivity index is 1.78. The Labute approximate surface area is 183 Å². The largest absolute Gasteiger partial charge is 0.379 e. The molecule has 0 saturated carbocycles. The van der Waals surface area contributed by atoms with Gasteiger partial charge in [0.15, 0.2) is 0 Å². The second kappa shape index (κ2) is 8.43. The lowest BCUT2D eigenvalue weighted by Gasteiger charge is -2.26. The number of nitrogens with zero attached hydrogens (tertiary/aromatic N) is 1. The lowest BCUT2D eigenvalue weighted by molar-refractivity contribution is 0.0730. The highest BCUT2D eigenvalue weighted by molar-refractivity contribution is 7.89. The number of halogens is 1. The minimum Gasteiger partial charge on any atom is -0.379 e. The number of carbonyl (C=O) groups excluding carboxylic acids is 1. The minimum atomic E-state index is -3.77. The van der Waals surface area contributed by atoms with Gasteiger partial charge in [-0.25, -0.2) is 8.42 Å². The second-order valence-corrected chi connectivity index (χ2v) is 9.48. The number of rotatable bonds is 4. The summed E-state index contributed by atoms with van der Waals surface area (Å²) < 4.78 is 32.6. The van der Waals surface area contributed by atoms with Gasteiger partial charge in [0.1, 0.15) is 0 Å². The van der Waals surface area contributed by atoms with Crippen LogP contribution in [0.25, 0.3) is 10.9 Å². The third-order valence-corrected chi connectivity index (χ3v) is 7.49. The summed E-state index contributed by atoms with van der Waals surface area (Å²) in [6.07, 6.45) is 0. The number of amides is 1. The van der Waals surface area contributed by atoms with Gasteiger partial charge in [0.25, 0.3) is 5.91 Å². The predicted molar refractivity (Wildman–Crippen MR) is 118 cm³/mol. The number of hydrogen-bond donors (Lipinski definition) is 2. The lowest BCUT2D eigenvalue weighted by atomic mass is 10.1. The molecule has 31 heavy (non-hydrogen) atoms. The molecule has 0 atom stereocenters. The molecular weight excluding hydrogens is 442 g/mol. The first kappa shape index (κ1) is 21.5. The maximum Gasteiger partial charge on any atom is 0.256 e. The van der Waals surface area contributed by atoms with E-state index in [0.29, 0.717) is 40.4 Å². The Morgan fingerprint density at radius 2 is 1.90 bits per heavy atom. The summed E-state index contributed by atoms with van der Waals surface area (Å²) >= 11 is 6.12. The van der Waals surface area contributed by atoms with Crippen molar-refractivity contribution in [2.45, 2.75) is 11.8 Å². The van der Waals surface area contributed by atoms with Crippen molar-refractivity contribution in [2.24, 2.45) is 0 Å². The third kappa shape index (κ3) is 4.22. The quantitative estimate of drug-likeness (QED) is 0.621. The monoisotopic (exact) mass is 461 g/mol. The highest BCUT2D eigenvalue weighted by atomic mass is 35.5. The first-order valence-corrected chi connectivity index (χ1v) is 11.4. The van der Waals surface area contributed by atoms with Crippen molar-refractivity contribution < 1.29 is 17.9 Å². The fourth-order valence-corrected chi connectivity index (χ4v) is 5.06. The number of sulfonamides is 1. The van der Waals surface area contributed by atoms with Crippen LogP contribution in [0.5, 0.6) is 0 Å². The number of fused-ring (bicyclic) bond motifs is 1. The molecule has 10 heteroatoms. The Morgan fingerprint density at radius 1 is 1.16 bits per heavy atom. The number of morpholine rings is 1. The van der Waals surface area contributed by atoms with Gasteiger partial charge in [-0.05, 0) is 42.8 Å². The molecule has 4 rings (SSSR count). The van der Waals surface area contributed by atoms with E-state index in [1.807, 2.05) is 0 Å². The molecular formula is C21H20ClN3O5S. The molecule has 1 aliphatic rings. The summed E-state index contributed by atoms with van der Waals surface area (Å²) in [5.41, 5.74) is 1.15. The molecule has 2 aromatic carbocycles. The van der Waals surface area contributed by atoms with E-state index in [2.05, 4.69) is 10.3 Å². The van der Waals surface area contributed by atoms with Crippen molar-refractivity contribution in [2.75, 3.05) is 31.6 Å². The highest BCUT2D eigenvalue weighted by Crippen LogP contribution is 2.26. The van der Waals surface area contributed by atoms with E-state index in [9.17, 15) is 18.0 Å². The normalized spacial score (nSPS) is 15.2. The molecule has 1 fully saturated rings.